The molecular formula is C49H54N8O4. The molecule has 0 bridgehead atoms. The molecule has 12 nitrogen and oxygen atoms in total. The number of imide groups is 1. The fourth-order valence-corrected chi connectivity index (χ4v) is 9.44. The highest BCUT2D eigenvalue weighted by Crippen LogP contribution is 2.37. The van der Waals surface area contributed by atoms with Crippen molar-refractivity contribution in [3.05, 3.63) is 118 Å². The Kier molecular flexibility index (Phi) is 11.1. The van der Waals surface area contributed by atoms with Crippen LogP contribution in [0.15, 0.2) is 71.4 Å². The van der Waals surface area contributed by atoms with Crippen LogP contribution in [-0.4, -0.2) is 67.6 Å². The number of H-pyrrole nitrogens is 1. The largest absolute Gasteiger partial charge is 0.344 e. The van der Waals surface area contributed by atoms with Gasteiger partial charge in [-0.2, -0.15) is 10.1 Å². The number of aromatic nitrogens is 5. The first-order valence-electron chi connectivity index (χ1n) is 21.8. The first-order valence-corrected chi connectivity index (χ1v) is 21.8. The Morgan fingerprint density at radius 1 is 0.885 bits per heavy atom. The van der Waals surface area contributed by atoms with Crippen molar-refractivity contribution in [1.82, 2.24) is 40.9 Å². The Morgan fingerprint density at radius 2 is 1.64 bits per heavy atom. The zero-order valence-corrected chi connectivity index (χ0v) is 35.6. The van der Waals surface area contributed by atoms with E-state index in [0.717, 1.165) is 103 Å². The van der Waals surface area contributed by atoms with Gasteiger partial charge in [0, 0.05) is 47.6 Å². The molecule has 2 saturated heterocycles. The van der Waals surface area contributed by atoms with Gasteiger partial charge in [0.2, 0.25) is 11.8 Å². The van der Waals surface area contributed by atoms with Crippen LogP contribution < -0.4 is 10.6 Å². The number of rotatable bonds is 10. The van der Waals surface area contributed by atoms with Crippen molar-refractivity contribution < 1.29 is 18.9 Å². The number of carbonyl (C=O) groups excluding carboxylic acids is 3. The highest BCUT2D eigenvalue weighted by molar-refractivity contribution is 6.01. The normalized spacial score (nSPS) is 17.7. The van der Waals surface area contributed by atoms with E-state index in [4.69, 9.17) is 9.51 Å². The van der Waals surface area contributed by atoms with E-state index in [1.165, 1.54) is 28.7 Å². The van der Waals surface area contributed by atoms with Crippen molar-refractivity contribution in [2.45, 2.75) is 109 Å². The summed E-state index contributed by atoms with van der Waals surface area (Å²) in [5.41, 5.74) is 13.2. The van der Waals surface area contributed by atoms with E-state index in [9.17, 15) is 14.4 Å². The molecule has 9 rings (SSSR count). The number of hydrogen-bond acceptors (Lipinski definition) is 9. The lowest BCUT2D eigenvalue weighted by Crippen LogP contribution is -2.40. The third kappa shape index (κ3) is 8.51. The minimum Gasteiger partial charge on any atom is -0.344 e. The summed E-state index contributed by atoms with van der Waals surface area (Å²) < 4.78 is 5.20. The Morgan fingerprint density at radius 3 is 2.38 bits per heavy atom. The second-order valence-electron chi connectivity index (χ2n) is 18.2. The molecule has 1 unspecified atom stereocenters. The first-order chi connectivity index (χ1) is 29.5. The highest BCUT2D eigenvalue weighted by Gasteiger charge is 2.32. The average molecular weight is 819 g/mol. The molecule has 3 aliphatic rings. The summed E-state index contributed by atoms with van der Waals surface area (Å²) in [6.07, 6.45) is 10.7. The molecule has 3 amide bonds. The van der Waals surface area contributed by atoms with Gasteiger partial charge in [0.15, 0.2) is 11.5 Å². The summed E-state index contributed by atoms with van der Waals surface area (Å²) in [4.78, 5) is 48.9. The molecule has 1 atom stereocenters. The number of aryl methyl sites for hydroxylation is 1. The number of amides is 3. The van der Waals surface area contributed by atoms with Crippen LogP contribution in [0, 0.1) is 6.92 Å². The number of benzene rings is 3. The lowest BCUT2D eigenvalue weighted by Gasteiger charge is -2.33. The lowest BCUT2D eigenvalue weighted by atomic mass is 9.78. The Balaban J connectivity index is 0.808. The van der Waals surface area contributed by atoms with Gasteiger partial charge < -0.3 is 14.7 Å². The standard InChI is InChI=1S/C49H54N8O4/c1-29-25-34(13-14-35(29)27-51-46(60)47-53-48(56-61-47)49(2,3)4)43-41-26-36(28-50-44(41)55-54-43)31-11-9-30(10-12-31)32-19-22-57(23-20-32)24-21-33-15-16-39(38-8-6-5-7-37(33)38)40-17-18-42(58)52-45(40)59/h9-16,25-26,28,32,40H,5-8,17-24,27H2,1-4H3,(H,51,60)(H,50,54,55)(H,52,58,59). The second kappa shape index (κ2) is 16.8. The maximum Gasteiger partial charge on any atom is 0.315 e. The van der Waals surface area contributed by atoms with Gasteiger partial charge in [-0.3, -0.25) is 24.8 Å². The van der Waals surface area contributed by atoms with E-state index in [2.05, 4.69) is 84.4 Å². The summed E-state index contributed by atoms with van der Waals surface area (Å²) in [5, 5.41) is 18.1. The first kappa shape index (κ1) is 40.4. The third-order valence-corrected chi connectivity index (χ3v) is 13.1. The van der Waals surface area contributed by atoms with Crippen LogP contribution in [0.3, 0.4) is 0 Å². The minimum absolute atomic E-state index is 0.0404. The van der Waals surface area contributed by atoms with E-state index in [-0.39, 0.29) is 29.0 Å². The summed E-state index contributed by atoms with van der Waals surface area (Å²) >= 11 is 0. The number of fused-ring (bicyclic) bond motifs is 2. The maximum absolute atomic E-state index is 12.7. The number of piperidine rings is 2. The lowest BCUT2D eigenvalue weighted by molar-refractivity contribution is -0.134. The molecular weight excluding hydrogens is 765 g/mol. The topological polar surface area (TPSA) is 159 Å². The second-order valence-corrected chi connectivity index (χ2v) is 18.2. The quantitative estimate of drug-likeness (QED) is 0.116. The Labute approximate surface area is 356 Å². The molecule has 3 aromatic heterocycles. The van der Waals surface area contributed by atoms with Gasteiger partial charge in [-0.15, -0.1) is 0 Å². The van der Waals surface area contributed by atoms with Crippen LogP contribution >= 0.6 is 0 Å². The van der Waals surface area contributed by atoms with Gasteiger partial charge in [-0.25, -0.2) is 4.98 Å². The number of nitrogens with one attached hydrogen (secondary N) is 3. The monoisotopic (exact) mass is 818 g/mol. The van der Waals surface area contributed by atoms with E-state index in [1.54, 1.807) is 0 Å². The number of aromatic amines is 1. The van der Waals surface area contributed by atoms with Gasteiger partial charge in [0.25, 0.3) is 0 Å². The summed E-state index contributed by atoms with van der Waals surface area (Å²) in [7, 11) is 0. The van der Waals surface area contributed by atoms with Crippen molar-refractivity contribution in [2.24, 2.45) is 0 Å². The number of pyridine rings is 1. The molecule has 0 saturated carbocycles. The van der Waals surface area contributed by atoms with Crippen LogP contribution in [0.5, 0.6) is 0 Å². The maximum atomic E-state index is 12.7. The fraction of sp³-hybridized carbons (Fsp3) is 0.408. The van der Waals surface area contributed by atoms with Crippen LogP contribution in [-0.2, 0) is 40.8 Å². The summed E-state index contributed by atoms with van der Waals surface area (Å²) in [6.45, 7) is 11.5. The molecule has 0 radical (unpaired) electrons. The Bertz CT molecular complexity index is 2610. The van der Waals surface area contributed by atoms with Gasteiger partial charge in [-0.05, 0) is 134 Å². The van der Waals surface area contributed by atoms with E-state index in [1.807, 2.05) is 46.0 Å². The van der Waals surface area contributed by atoms with Gasteiger partial charge >= 0.3 is 11.8 Å². The summed E-state index contributed by atoms with van der Waals surface area (Å²) in [5.74, 6) is 0.0888. The van der Waals surface area contributed by atoms with E-state index < -0.39 is 5.91 Å². The van der Waals surface area contributed by atoms with E-state index in [0.29, 0.717) is 36.8 Å². The Hall–Kier alpha value is -6.01. The predicted molar refractivity (Wildman–Crippen MR) is 234 cm³/mol. The van der Waals surface area contributed by atoms with Gasteiger partial charge in [0.1, 0.15) is 0 Å². The molecule has 6 aromatic rings. The number of hydrogen-bond donors (Lipinski definition) is 3. The SMILES string of the molecule is Cc1cc(-c2[nH]nc3ncc(-c4ccc(C5CCN(CCc6ccc(C7CCC(=O)NC7=O)c7c6CCCC7)CC5)cc4)cc23)ccc1CNC(=O)c1nc(C(C)(C)C)no1. The molecule has 3 aromatic carbocycles. The molecule has 3 N–H and O–H groups in total. The zero-order valence-electron chi connectivity index (χ0n) is 35.6. The van der Waals surface area contributed by atoms with E-state index >= 15 is 0 Å². The van der Waals surface area contributed by atoms with Crippen molar-refractivity contribution in [3.63, 3.8) is 0 Å². The molecule has 2 aliphatic heterocycles. The molecule has 2 fully saturated rings. The van der Waals surface area contributed by atoms with Crippen LogP contribution in [0.25, 0.3) is 33.4 Å². The number of carbonyl (C=O) groups is 3. The van der Waals surface area contributed by atoms with Crippen molar-refractivity contribution in [3.8, 4) is 22.4 Å². The molecule has 61 heavy (non-hydrogen) atoms. The van der Waals surface area contributed by atoms with Crippen LogP contribution in [0.2, 0.25) is 0 Å². The fourth-order valence-electron chi connectivity index (χ4n) is 9.44. The molecule has 5 heterocycles. The molecule has 314 valence electrons. The van der Waals surface area contributed by atoms with Gasteiger partial charge in [0.05, 0.1) is 11.6 Å². The molecule has 12 heteroatoms. The minimum atomic E-state index is -0.401. The number of nitrogens with zero attached hydrogens (tertiary/aromatic N) is 5. The van der Waals surface area contributed by atoms with Crippen molar-refractivity contribution >= 4 is 28.8 Å². The van der Waals surface area contributed by atoms with Crippen molar-refractivity contribution in [2.75, 3.05) is 19.6 Å². The molecule has 0 spiro atoms. The smallest absolute Gasteiger partial charge is 0.315 e. The summed E-state index contributed by atoms with van der Waals surface area (Å²) in [6, 6.07) is 21.8. The van der Waals surface area contributed by atoms with Crippen LogP contribution in [0.4, 0.5) is 0 Å². The zero-order chi connectivity index (χ0) is 42.3. The van der Waals surface area contributed by atoms with Crippen molar-refractivity contribution in [1.29, 1.82) is 0 Å². The molecule has 1 aliphatic carbocycles. The average Bonchev–Trinajstić information content (AvgIpc) is 3.95. The van der Waals surface area contributed by atoms with Gasteiger partial charge in [-0.1, -0.05) is 74.5 Å². The third-order valence-electron chi connectivity index (χ3n) is 13.1. The van der Waals surface area contributed by atoms with Crippen LogP contribution in [0.1, 0.15) is 127 Å². The predicted octanol–water partition coefficient (Wildman–Crippen LogP) is 8.03. The highest BCUT2D eigenvalue weighted by atomic mass is 16.5. The number of likely N-dealkylation sites (tertiary alicyclic amines) is 1.